The molecule has 0 heterocycles. The van der Waals surface area contributed by atoms with Gasteiger partial charge in [-0.05, 0) is 19.3 Å². The van der Waals surface area contributed by atoms with Gasteiger partial charge in [-0.15, -0.1) is 0 Å². The third kappa shape index (κ3) is 40.3. The average Bonchev–Trinajstić information content (AvgIpc) is 3.15. The van der Waals surface area contributed by atoms with Crippen molar-refractivity contribution in [2.75, 3.05) is 6.61 Å². The lowest BCUT2D eigenvalue weighted by Crippen LogP contribution is -2.45. The van der Waals surface area contributed by atoms with E-state index in [9.17, 15) is 15.0 Å². The van der Waals surface area contributed by atoms with Gasteiger partial charge < -0.3 is 15.5 Å². The SMILES string of the molecule is CCCCCCCCCCCCCCCCCCCCC/C=C/C(O)C(CO)NC(=O)CCCCCCCCCCCCCCCCCCCCC. The molecule has 4 heteroatoms. The Kier molecular flexibility index (Phi) is 43.8. The normalized spacial score (nSPS) is 12.9. The molecule has 0 aromatic heterocycles. The van der Waals surface area contributed by atoms with E-state index in [0.717, 1.165) is 25.7 Å². The van der Waals surface area contributed by atoms with Crippen molar-refractivity contribution < 1.29 is 15.0 Å². The van der Waals surface area contributed by atoms with E-state index in [-0.39, 0.29) is 12.5 Å². The van der Waals surface area contributed by atoms with E-state index in [1.165, 1.54) is 225 Å². The standard InChI is InChI=1S/C48H95NO3/c1-3-5-7-9-11-13-15-17-19-21-23-24-26-27-29-31-33-35-37-39-41-43-47(51)46(45-50)49-48(52)44-42-40-38-36-34-32-30-28-25-22-20-18-16-14-12-10-8-6-4-2/h41,43,46-47,50-51H,3-40,42,44-45H2,1-2H3,(H,49,52)/b43-41+. The molecule has 0 aromatic carbocycles. The zero-order valence-corrected chi connectivity index (χ0v) is 35.6. The molecule has 52 heavy (non-hydrogen) atoms. The Morgan fingerprint density at radius 1 is 0.442 bits per heavy atom. The van der Waals surface area contributed by atoms with Gasteiger partial charge in [-0.3, -0.25) is 4.79 Å². The molecule has 0 aliphatic carbocycles. The molecule has 0 rings (SSSR count). The molecule has 1 amide bonds. The first-order valence-corrected chi connectivity index (χ1v) is 23.9. The van der Waals surface area contributed by atoms with Crippen molar-refractivity contribution in [2.45, 2.75) is 283 Å². The van der Waals surface area contributed by atoms with E-state index in [4.69, 9.17) is 0 Å². The van der Waals surface area contributed by atoms with Crippen LogP contribution in [0.5, 0.6) is 0 Å². The molecule has 0 saturated carbocycles. The molecule has 3 N–H and O–H groups in total. The Bertz CT molecular complexity index is 710. The lowest BCUT2D eigenvalue weighted by molar-refractivity contribution is -0.123. The largest absolute Gasteiger partial charge is 0.394 e. The van der Waals surface area contributed by atoms with Crippen LogP contribution in [0.1, 0.15) is 271 Å². The van der Waals surface area contributed by atoms with Crippen LogP contribution in [0.3, 0.4) is 0 Å². The van der Waals surface area contributed by atoms with Gasteiger partial charge in [0.1, 0.15) is 0 Å². The van der Waals surface area contributed by atoms with Gasteiger partial charge in [0, 0.05) is 6.42 Å². The second-order valence-electron chi connectivity index (χ2n) is 16.5. The van der Waals surface area contributed by atoms with Crippen LogP contribution in [-0.2, 0) is 4.79 Å². The van der Waals surface area contributed by atoms with Crippen LogP contribution in [0.15, 0.2) is 12.2 Å². The maximum absolute atomic E-state index is 12.4. The summed E-state index contributed by atoms with van der Waals surface area (Å²) < 4.78 is 0. The van der Waals surface area contributed by atoms with Crippen LogP contribution >= 0.6 is 0 Å². The van der Waals surface area contributed by atoms with Crippen molar-refractivity contribution >= 4 is 5.91 Å². The van der Waals surface area contributed by atoms with Crippen LogP contribution < -0.4 is 5.32 Å². The second kappa shape index (κ2) is 44.5. The number of nitrogens with one attached hydrogen (secondary N) is 1. The minimum Gasteiger partial charge on any atom is -0.394 e. The van der Waals surface area contributed by atoms with Gasteiger partial charge >= 0.3 is 0 Å². The van der Waals surface area contributed by atoms with E-state index in [0.29, 0.717) is 6.42 Å². The summed E-state index contributed by atoms with van der Waals surface area (Å²) in [7, 11) is 0. The molecule has 0 spiro atoms. The molecule has 0 aromatic rings. The van der Waals surface area contributed by atoms with Gasteiger partial charge in [-0.1, -0.05) is 257 Å². The molecule has 0 bridgehead atoms. The number of aliphatic hydroxyl groups is 2. The zero-order valence-electron chi connectivity index (χ0n) is 35.6. The third-order valence-corrected chi connectivity index (χ3v) is 11.3. The van der Waals surface area contributed by atoms with Crippen molar-refractivity contribution in [1.29, 1.82) is 0 Å². The maximum Gasteiger partial charge on any atom is 0.220 e. The minimum absolute atomic E-state index is 0.0581. The van der Waals surface area contributed by atoms with Gasteiger partial charge in [0.25, 0.3) is 0 Å². The Hall–Kier alpha value is -0.870. The molecule has 0 aliphatic rings. The van der Waals surface area contributed by atoms with Crippen molar-refractivity contribution in [3.05, 3.63) is 12.2 Å². The van der Waals surface area contributed by atoms with Crippen LogP contribution in [0, 0.1) is 0 Å². The summed E-state index contributed by atoms with van der Waals surface area (Å²) in [6.45, 7) is 4.34. The number of hydrogen-bond acceptors (Lipinski definition) is 3. The van der Waals surface area contributed by atoms with Gasteiger partial charge in [0.2, 0.25) is 5.91 Å². The summed E-state index contributed by atoms with van der Waals surface area (Å²) in [4.78, 5) is 12.4. The monoisotopic (exact) mass is 734 g/mol. The number of aliphatic hydroxyl groups excluding tert-OH is 2. The lowest BCUT2D eigenvalue weighted by atomic mass is 10.0. The Morgan fingerprint density at radius 2 is 0.712 bits per heavy atom. The summed E-state index contributed by atoms with van der Waals surface area (Å²) in [5.74, 6) is -0.0581. The Labute approximate surface area is 327 Å². The van der Waals surface area contributed by atoms with Crippen molar-refractivity contribution in [1.82, 2.24) is 5.32 Å². The number of allylic oxidation sites excluding steroid dienone is 1. The highest BCUT2D eigenvalue weighted by Crippen LogP contribution is 2.17. The van der Waals surface area contributed by atoms with E-state index in [2.05, 4.69) is 19.2 Å². The van der Waals surface area contributed by atoms with Crippen LogP contribution in [-0.4, -0.2) is 34.9 Å². The van der Waals surface area contributed by atoms with E-state index < -0.39 is 12.1 Å². The number of amides is 1. The predicted octanol–water partition coefficient (Wildman–Crippen LogP) is 15.0. The molecule has 0 saturated heterocycles. The summed E-state index contributed by atoms with van der Waals surface area (Å²) >= 11 is 0. The molecular weight excluding hydrogens is 639 g/mol. The minimum atomic E-state index is -0.834. The number of carbonyl (C=O) groups excluding carboxylic acids is 1. The topological polar surface area (TPSA) is 69.6 Å². The molecule has 4 nitrogen and oxygen atoms in total. The van der Waals surface area contributed by atoms with Crippen LogP contribution in [0.4, 0.5) is 0 Å². The number of hydrogen-bond donors (Lipinski definition) is 3. The molecule has 0 radical (unpaired) electrons. The average molecular weight is 734 g/mol. The highest BCUT2D eigenvalue weighted by Gasteiger charge is 2.18. The lowest BCUT2D eigenvalue weighted by Gasteiger charge is -2.20. The van der Waals surface area contributed by atoms with E-state index in [1.807, 2.05) is 6.08 Å². The number of rotatable bonds is 44. The number of carbonyl (C=O) groups is 1. The van der Waals surface area contributed by atoms with Crippen molar-refractivity contribution in [3.8, 4) is 0 Å². The Balaban J connectivity index is 3.50. The summed E-state index contributed by atoms with van der Waals surface area (Å²) in [6, 6.07) is -0.617. The van der Waals surface area contributed by atoms with Crippen molar-refractivity contribution in [2.24, 2.45) is 0 Å². The zero-order chi connectivity index (χ0) is 37.8. The van der Waals surface area contributed by atoms with E-state index in [1.54, 1.807) is 6.08 Å². The molecule has 2 atom stereocenters. The predicted molar refractivity (Wildman–Crippen MR) is 230 cm³/mol. The summed E-state index contributed by atoms with van der Waals surface area (Å²) in [5, 5.41) is 23.1. The Morgan fingerprint density at radius 3 is 1.00 bits per heavy atom. The smallest absolute Gasteiger partial charge is 0.220 e. The van der Waals surface area contributed by atoms with Gasteiger partial charge in [0.15, 0.2) is 0 Å². The molecule has 310 valence electrons. The van der Waals surface area contributed by atoms with Crippen LogP contribution in [0.25, 0.3) is 0 Å². The highest BCUT2D eigenvalue weighted by atomic mass is 16.3. The highest BCUT2D eigenvalue weighted by molar-refractivity contribution is 5.76. The first-order chi connectivity index (χ1) is 25.7. The van der Waals surface area contributed by atoms with E-state index >= 15 is 0 Å². The molecule has 0 fully saturated rings. The quantitative estimate of drug-likeness (QED) is 0.0431. The fourth-order valence-corrected chi connectivity index (χ4v) is 7.59. The second-order valence-corrected chi connectivity index (χ2v) is 16.5. The van der Waals surface area contributed by atoms with Crippen LogP contribution in [0.2, 0.25) is 0 Å². The maximum atomic E-state index is 12.4. The summed E-state index contributed by atoms with van der Waals surface area (Å²) in [6.07, 6.45) is 56.2. The number of unbranched alkanes of at least 4 members (excludes halogenated alkanes) is 37. The van der Waals surface area contributed by atoms with Gasteiger partial charge in [-0.2, -0.15) is 0 Å². The van der Waals surface area contributed by atoms with Crippen molar-refractivity contribution in [3.63, 3.8) is 0 Å². The molecule has 2 unspecified atom stereocenters. The van der Waals surface area contributed by atoms with Gasteiger partial charge in [-0.25, -0.2) is 0 Å². The fraction of sp³-hybridized carbons (Fsp3) is 0.938. The molecule has 0 aliphatic heterocycles. The summed E-state index contributed by atoms with van der Waals surface area (Å²) in [5.41, 5.74) is 0. The third-order valence-electron chi connectivity index (χ3n) is 11.3. The first-order valence-electron chi connectivity index (χ1n) is 23.9. The van der Waals surface area contributed by atoms with Gasteiger partial charge in [0.05, 0.1) is 18.8 Å². The molecular formula is C48H95NO3. The first kappa shape index (κ1) is 51.1. The fourth-order valence-electron chi connectivity index (χ4n) is 7.59.